The number of carbonyl (C=O) groups is 2. The molecule has 1 saturated heterocycles. The molecule has 1 aliphatic heterocycles. The van der Waals surface area contributed by atoms with Crippen molar-refractivity contribution in [3.8, 4) is 0 Å². The summed E-state index contributed by atoms with van der Waals surface area (Å²) >= 11 is 1.41. The second-order valence-corrected chi connectivity index (χ2v) is 4.95. The first kappa shape index (κ1) is 12.0. The topological polar surface area (TPSA) is 54.7 Å². The summed E-state index contributed by atoms with van der Waals surface area (Å²) in [4.78, 5) is 29.5. The van der Waals surface area contributed by atoms with Gasteiger partial charge in [0, 0.05) is 31.6 Å². The van der Waals surface area contributed by atoms with Gasteiger partial charge < -0.3 is 9.47 Å². The SMILES string of the molecule is Cn1ccsc1=NC(=O)CN1CCCCC1=O. The van der Waals surface area contributed by atoms with E-state index in [1.54, 1.807) is 9.47 Å². The van der Waals surface area contributed by atoms with Crippen molar-refractivity contribution in [3.63, 3.8) is 0 Å². The van der Waals surface area contributed by atoms with Crippen molar-refractivity contribution < 1.29 is 9.59 Å². The molecule has 2 heterocycles. The molecular weight excluding hydrogens is 238 g/mol. The van der Waals surface area contributed by atoms with Crippen molar-refractivity contribution in [1.82, 2.24) is 9.47 Å². The van der Waals surface area contributed by atoms with Crippen LogP contribution in [0.25, 0.3) is 0 Å². The maximum absolute atomic E-state index is 11.7. The Morgan fingerprint density at radius 1 is 1.53 bits per heavy atom. The van der Waals surface area contributed by atoms with Crippen molar-refractivity contribution in [2.24, 2.45) is 12.0 Å². The van der Waals surface area contributed by atoms with Crippen LogP contribution in [0.3, 0.4) is 0 Å². The van der Waals surface area contributed by atoms with E-state index in [-0.39, 0.29) is 18.4 Å². The van der Waals surface area contributed by atoms with E-state index in [1.807, 2.05) is 18.6 Å². The summed E-state index contributed by atoms with van der Waals surface area (Å²) in [7, 11) is 1.84. The highest BCUT2D eigenvalue weighted by atomic mass is 32.1. The number of hydrogen-bond donors (Lipinski definition) is 0. The van der Waals surface area contributed by atoms with Gasteiger partial charge in [-0.25, -0.2) is 0 Å². The standard InChI is InChI=1S/C11H15N3O2S/c1-13-6-7-17-11(13)12-9(15)8-14-5-3-2-4-10(14)16/h6-7H,2-5,8H2,1H3. The molecule has 0 aromatic carbocycles. The predicted molar refractivity (Wildman–Crippen MR) is 64.3 cm³/mol. The Labute approximate surface area is 103 Å². The highest BCUT2D eigenvalue weighted by molar-refractivity contribution is 7.07. The molecule has 6 heteroatoms. The van der Waals surface area contributed by atoms with E-state index in [0.717, 1.165) is 12.8 Å². The minimum absolute atomic E-state index is 0.0651. The Kier molecular flexibility index (Phi) is 3.73. The fourth-order valence-electron chi connectivity index (χ4n) is 1.77. The molecule has 0 aliphatic carbocycles. The van der Waals surface area contributed by atoms with Crippen molar-refractivity contribution in [2.45, 2.75) is 19.3 Å². The first-order chi connectivity index (χ1) is 8.16. The van der Waals surface area contributed by atoms with Crippen LogP contribution >= 0.6 is 11.3 Å². The third-order valence-corrected chi connectivity index (χ3v) is 3.58. The van der Waals surface area contributed by atoms with Crippen LogP contribution in [0.5, 0.6) is 0 Å². The first-order valence-corrected chi connectivity index (χ1v) is 6.50. The molecule has 1 aliphatic rings. The average molecular weight is 253 g/mol. The molecule has 0 saturated carbocycles. The van der Waals surface area contributed by atoms with Crippen LogP contribution in [0.1, 0.15) is 19.3 Å². The third kappa shape index (κ3) is 3.03. The Bertz CT molecular complexity index is 489. The monoisotopic (exact) mass is 253 g/mol. The van der Waals surface area contributed by atoms with Gasteiger partial charge in [0.05, 0.1) is 0 Å². The number of likely N-dealkylation sites (tertiary alicyclic amines) is 1. The van der Waals surface area contributed by atoms with Crippen LogP contribution < -0.4 is 4.80 Å². The van der Waals surface area contributed by atoms with Crippen molar-refractivity contribution in [1.29, 1.82) is 0 Å². The van der Waals surface area contributed by atoms with Gasteiger partial charge in [-0.1, -0.05) is 0 Å². The highest BCUT2D eigenvalue weighted by Crippen LogP contribution is 2.09. The molecule has 2 rings (SSSR count). The van der Waals surface area contributed by atoms with Crippen LogP contribution in [0.2, 0.25) is 0 Å². The Balaban J connectivity index is 2.02. The second-order valence-electron chi connectivity index (χ2n) is 4.07. The molecule has 1 aromatic rings. The van der Waals surface area contributed by atoms with E-state index in [2.05, 4.69) is 4.99 Å². The van der Waals surface area contributed by atoms with Crippen LogP contribution in [0.15, 0.2) is 16.6 Å². The van der Waals surface area contributed by atoms with Gasteiger partial charge in [0.1, 0.15) is 6.54 Å². The fraction of sp³-hybridized carbons (Fsp3) is 0.545. The van der Waals surface area contributed by atoms with Gasteiger partial charge in [-0.15, -0.1) is 11.3 Å². The normalized spacial score (nSPS) is 17.6. The second kappa shape index (κ2) is 5.27. The van der Waals surface area contributed by atoms with E-state index in [1.165, 1.54) is 11.3 Å². The summed E-state index contributed by atoms with van der Waals surface area (Å²) in [6.07, 6.45) is 4.31. The minimum atomic E-state index is -0.252. The Morgan fingerprint density at radius 3 is 3.00 bits per heavy atom. The van der Waals surface area contributed by atoms with E-state index < -0.39 is 0 Å². The molecule has 1 fully saturated rings. The predicted octanol–water partition coefficient (Wildman–Crippen LogP) is 0.526. The Hall–Kier alpha value is -1.43. The molecule has 1 aromatic heterocycles. The first-order valence-electron chi connectivity index (χ1n) is 5.62. The number of nitrogens with zero attached hydrogens (tertiary/aromatic N) is 3. The van der Waals surface area contributed by atoms with Gasteiger partial charge in [-0.3, -0.25) is 9.59 Å². The summed E-state index contributed by atoms with van der Waals surface area (Å²) in [5.41, 5.74) is 0. The maximum Gasteiger partial charge on any atom is 0.267 e. The van der Waals surface area contributed by atoms with Gasteiger partial charge in [-0.05, 0) is 12.8 Å². The number of carbonyl (C=O) groups excluding carboxylic acids is 2. The molecule has 92 valence electrons. The number of thiazole rings is 1. The van der Waals surface area contributed by atoms with E-state index in [4.69, 9.17) is 0 Å². The molecule has 0 spiro atoms. The smallest absolute Gasteiger partial charge is 0.267 e. The molecule has 17 heavy (non-hydrogen) atoms. The lowest BCUT2D eigenvalue weighted by molar-refractivity contribution is -0.137. The van der Waals surface area contributed by atoms with Crippen molar-refractivity contribution in [3.05, 3.63) is 16.4 Å². The molecule has 0 N–H and O–H groups in total. The molecular formula is C11H15N3O2S. The number of piperidine rings is 1. The number of aryl methyl sites for hydroxylation is 1. The van der Waals surface area contributed by atoms with Gasteiger partial charge in [0.25, 0.3) is 5.91 Å². The molecule has 5 nitrogen and oxygen atoms in total. The lowest BCUT2D eigenvalue weighted by Crippen LogP contribution is -2.39. The van der Waals surface area contributed by atoms with Gasteiger partial charge in [0.15, 0.2) is 4.80 Å². The molecule has 0 bridgehead atoms. The summed E-state index contributed by atoms with van der Waals surface area (Å²) in [5, 5.41) is 1.87. The lowest BCUT2D eigenvalue weighted by atomic mass is 10.1. The van der Waals surface area contributed by atoms with E-state index in [0.29, 0.717) is 17.8 Å². The van der Waals surface area contributed by atoms with Gasteiger partial charge >= 0.3 is 0 Å². The van der Waals surface area contributed by atoms with E-state index >= 15 is 0 Å². The van der Waals surface area contributed by atoms with Crippen molar-refractivity contribution in [2.75, 3.05) is 13.1 Å². The zero-order valence-corrected chi connectivity index (χ0v) is 10.6. The number of amides is 2. The van der Waals surface area contributed by atoms with E-state index in [9.17, 15) is 9.59 Å². The molecule has 0 unspecified atom stereocenters. The molecule has 2 amide bonds. The van der Waals surface area contributed by atoms with Gasteiger partial charge in [0.2, 0.25) is 5.91 Å². The number of hydrogen-bond acceptors (Lipinski definition) is 3. The van der Waals surface area contributed by atoms with Crippen molar-refractivity contribution >= 4 is 23.2 Å². The lowest BCUT2D eigenvalue weighted by Gasteiger charge is -2.24. The summed E-state index contributed by atoms with van der Waals surface area (Å²) in [6.45, 7) is 0.785. The van der Waals surface area contributed by atoms with Crippen LogP contribution in [-0.4, -0.2) is 34.4 Å². The van der Waals surface area contributed by atoms with Gasteiger partial charge in [-0.2, -0.15) is 4.99 Å². The quantitative estimate of drug-likeness (QED) is 0.772. The largest absolute Gasteiger partial charge is 0.333 e. The molecule has 0 radical (unpaired) electrons. The van der Waals surface area contributed by atoms with Crippen LogP contribution in [-0.2, 0) is 16.6 Å². The third-order valence-electron chi connectivity index (χ3n) is 2.73. The van der Waals surface area contributed by atoms with Crippen LogP contribution in [0, 0.1) is 0 Å². The summed E-state index contributed by atoms with van der Waals surface area (Å²) in [5.74, 6) is -0.186. The Morgan fingerprint density at radius 2 is 2.35 bits per heavy atom. The zero-order valence-electron chi connectivity index (χ0n) is 9.76. The molecule has 0 atom stereocenters. The fourth-order valence-corrected chi connectivity index (χ4v) is 2.52. The number of aromatic nitrogens is 1. The zero-order chi connectivity index (χ0) is 12.3. The average Bonchev–Trinajstić information content (AvgIpc) is 2.68. The maximum atomic E-state index is 11.7. The van der Waals surface area contributed by atoms with Crippen LogP contribution in [0.4, 0.5) is 0 Å². The number of rotatable bonds is 2. The summed E-state index contributed by atoms with van der Waals surface area (Å²) < 4.78 is 1.79. The minimum Gasteiger partial charge on any atom is -0.333 e. The highest BCUT2D eigenvalue weighted by Gasteiger charge is 2.19. The summed E-state index contributed by atoms with van der Waals surface area (Å²) in [6, 6.07) is 0.